The van der Waals surface area contributed by atoms with Crippen LogP contribution in [0.3, 0.4) is 0 Å². The van der Waals surface area contributed by atoms with Gasteiger partial charge in [-0.25, -0.2) is 8.42 Å². The predicted molar refractivity (Wildman–Crippen MR) is 106 cm³/mol. The van der Waals surface area contributed by atoms with E-state index in [1.54, 1.807) is 0 Å². The molecule has 30 heavy (non-hydrogen) atoms. The van der Waals surface area contributed by atoms with Crippen LogP contribution in [0.4, 0.5) is 24.5 Å². The molecule has 0 unspecified atom stereocenters. The summed E-state index contributed by atoms with van der Waals surface area (Å²) in [5, 5.41) is 2.51. The minimum atomic E-state index is -4.46. The highest BCUT2D eigenvalue weighted by atomic mass is 32.2. The molecule has 0 aliphatic heterocycles. The molecule has 0 aliphatic rings. The molecule has 0 fully saturated rings. The number of hydrogen-bond donors (Lipinski definition) is 2. The van der Waals surface area contributed by atoms with Gasteiger partial charge in [0.05, 0.1) is 23.1 Å². The molecule has 2 N–H and O–H groups in total. The smallest absolute Gasteiger partial charge is 0.337 e. The Labute approximate surface area is 171 Å². The molecule has 162 valence electrons. The fraction of sp³-hybridized carbons (Fsp3) is 0.263. The molecule has 0 radical (unpaired) electrons. The fourth-order valence-electron chi connectivity index (χ4n) is 2.64. The molecular weight excluding hydrogens is 423 g/mol. The first-order chi connectivity index (χ1) is 13.8. The molecule has 0 bridgehead atoms. The molecule has 2 aromatic rings. The maximum absolute atomic E-state index is 12.9. The van der Waals surface area contributed by atoms with Crippen LogP contribution in [0.1, 0.15) is 28.4 Å². The molecule has 0 saturated heterocycles. The molecule has 0 aliphatic carbocycles. The summed E-state index contributed by atoms with van der Waals surface area (Å²) in [6, 6.07) is 8.45. The zero-order valence-corrected chi connectivity index (χ0v) is 17.2. The normalized spacial score (nSPS) is 11.7. The third kappa shape index (κ3) is 6.48. The summed E-state index contributed by atoms with van der Waals surface area (Å²) in [6.45, 7) is 1.26. The standard InChI is InChI=1S/C19H20F3N3O4S/c1-12(26)23-15-8-9-17(24-30(3,28)29)16(10-15)18(27)25(2)11-13-4-6-14(7-5-13)19(20,21)22/h4-10,24H,11H2,1-3H3,(H,23,26). The van der Waals surface area contributed by atoms with E-state index in [4.69, 9.17) is 0 Å². The van der Waals surface area contributed by atoms with Gasteiger partial charge in [0, 0.05) is 26.2 Å². The van der Waals surface area contributed by atoms with Gasteiger partial charge in [0.2, 0.25) is 15.9 Å². The van der Waals surface area contributed by atoms with Gasteiger partial charge in [-0.15, -0.1) is 0 Å². The van der Waals surface area contributed by atoms with E-state index in [2.05, 4.69) is 10.0 Å². The van der Waals surface area contributed by atoms with Gasteiger partial charge in [-0.1, -0.05) is 12.1 Å². The lowest BCUT2D eigenvalue weighted by atomic mass is 10.1. The molecule has 7 nitrogen and oxygen atoms in total. The Balaban J connectivity index is 2.31. The van der Waals surface area contributed by atoms with Crippen LogP contribution in [0.5, 0.6) is 0 Å². The van der Waals surface area contributed by atoms with E-state index in [0.29, 0.717) is 5.56 Å². The summed E-state index contributed by atoms with van der Waals surface area (Å²) in [6.07, 6.45) is -3.54. The average Bonchev–Trinajstić information content (AvgIpc) is 2.60. The third-order valence-electron chi connectivity index (χ3n) is 3.91. The first-order valence-electron chi connectivity index (χ1n) is 8.57. The number of sulfonamides is 1. The summed E-state index contributed by atoms with van der Waals surface area (Å²) in [5.41, 5.74) is -0.0813. The lowest BCUT2D eigenvalue weighted by Gasteiger charge is -2.20. The van der Waals surface area contributed by atoms with Gasteiger partial charge in [0.25, 0.3) is 5.91 Å². The largest absolute Gasteiger partial charge is 0.416 e. The maximum atomic E-state index is 12.9. The second kappa shape index (κ2) is 8.74. The Hall–Kier alpha value is -3.08. The van der Waals surface area contributed by atoms with Crippen LogP contribution in [0.15, 0.2) is 42.5 Å². The Kier molecular flexibility index (Phi) is 6.76. The zero-order valence-electron chi connectivity index (χ0n) is 16.4. The lowest BCUT2D eigenvalue weighted by molar-refractivity contribution is -0.137. The van der Waals surface area contributed by atoms with Gasteiger partial charge in [-0.05, 0) is 35.9 Å². The van der Waals surface area contributed by atoms with Crippen molar-refractivity contribution in [3.05, 3.63) is 59.2 Å². The van der Waals surface area contributed by atoms with Gasteiger partial charge < -0.3 is 10.2 Å². The van der Waals surface area contributed by atoms with Crippen molar-refractivity contribution >= 4 is 33.2 Å². The number of hydrogen-bond acceptors (Lipinski definition) is 4. The van der Waals surface area contributed by atoms with Crippen molar-refractivity contribution < 1.29 is 31.2 Å². The number of carbonyl (C=O) groups is 2. The Morgan fingerprint density at radius 1 is 1.07 bits per heavy atom. The Morgan fingerprint density at radius 3 is 2.17 bits per heavy atom. The van der Waals surface area contributed by atoms with Crippen molar-refractivity contribution in [2.45, 2.75) is 19.6 Å². The molecule has 0 aromatic heterocycles. The molecule has 2 aromatic carbocycles. The van der Waals surface area contributed by atoms with Crippen LogP contribution < -0.4 is 10.0 Å². The quantitative estimate of drug-likeness (QED) is 0.716. The van der Waals surface area contributed by atoms with Crippen LogP contribution in [0.2, 0.25) is 0 Å². The summed E-state index contributed by atoms with van der Waals surface area (Å²) >= 11 is 0. The molecule has 0 heterocycles. The summed E-state index contributed by atoms with van der Waals surface area (Å²) in [7, 11) is -2.26. The Bertz CT molecular complexity index is 1050. The number of alkyl halides is 3. The van der Waals surface area contributed by atoms with Crippen LogP contribution in [-0.2, 0) is 27.5 Å². The van der Waals surface area contributed by atoms with Crippen LogP contribution >= 0.6 is 0 Å². The zero-order chi connectivity index (χ0) is 22.7. The fourth-order valence-corrected chi connectivity index (χ4v) is 3.22. The van der Waals surface area contributed by atoms with Gasteiger partial charge in [0.15, 0.2) is 0 Å². The number of nitrogens with one attached hydrogen (secondary N) is 2. The lowest BCUT2D eigenvalue weighted by Crippen LogP contribution is -2.27. The van der Waals surface area contributed by atoms with E-state index in [0.717, 1.165) is 18.4 Å². The number of nitrogens with zero attached hydrogens (tertiary/aromatic N) is 1. The summed E-state index contributed by atoms with van der Waals surface area (Å²) in [4.78, 5) is 25.4. The summed E-state index contributed by atoms with van der Waals surface area (Å²) < 4.78 is 63.5. The van der Waals surface area contributed by atoms with Crippen LogP contribution in [0, 0.1) is 0 Å². The number of rotatable bonds is 6. The first-order valence-corrected chi connectivity index (χ1v) is 10.5. The molecule has 2 rings (SSSR count). The summed E-state index contributed by atoms with van der Waals surface area (Å²) in [5.74, 6) is -0.969. The minimum Gasteiger partial charge on any atom is -0.337 e. The molecule has 0 saturated carbocycles. The molecular formula is C19H20F3N3O4S. The van der Waals surface area contributed by atoms with Gasteiger partial charge in [-0.3, -0.25) is 14.3 Å². The first kappa shape index (κ1) is 23.2. The second-order valence-corrected chi connectivity index (χ2v) is 8.42. The van der Waals surface area contributed by atoms with Crippen LogP contribution in [0.25, 0.3) is 0 Å². The van der Waals surface area contributed by atoms with E-state index < -0.39 is 27.7 Å². The van der Waals surface area contributed by atoms with E-state index >= 15 is 0 Å². The van der Waals surface area contributed by atoms with Gasteiger partial charge in [0.1, 0.15) is 0 Å². The minimum absolute atomic E-state index is 0.0101. The highest BCUT2D eigenvalue weighted by Crippen LogP contribution is 2.29. The van der Waals surface area contributed by atoms with Gasteiger partial charge >= 0.3 is 6.18 Å². The van der Waals surface area contributed by atoms with Crippen molar-refractivity contribution in [3.8, 4) is 0 Å². The highest BCUT2D eigenvalue weighted by molar-refractivity contribution is 7.92. The maximum Gasteiger partial charge on any atom is 0.416 e. The average molecular weight is 443 g/mol. The number of amides is 2. The molecule has 0 spiro atoms. The molecule has 0 atom stereocenters. The third-order valence-corrected chi connectivity index (χ3v) is 4.50. The molecule has 11 heteroatoms. The van der Waals surface area contributed by atoms with Crippen molar-refractivity contribution in [1.82, 2.24) is 4.90 Å². The van der Waals surface area contributed by atoms with Crippen molar-refractivity contribution in [2.75, 3.05) is 23.3 Å². The number of benzene rings is 2. The second-order valence-electron chi connectivity index (χ2n) is 6.67. The monoisotopic (exact) mass is 443 g/mol. The number of carbonyl (C=O) groups excluding carboxylic acids is 2. The SMILES string of the molecule is CC(=O)Nc1ccc(NS(C)(=O)=O)c(C(=O)N(C)Cc2ccc(C(F)(F)F)cc2)c1. The number of halogens is 3. The van der Waals surface area contributed by atoms with E-state index in [-0.39, 0.29) is 29.4 Å². The van der Waals surface area contributed by atoms with E-state index in [1.807, 2.05) is 0 Å². The van der Waals surface area contributed by atoms with E-state index in [1.165, 1.54) is 49.2 Å². The van der Waals surface area contributed by atoms with Crippen molar-refractivity contribution in [3.63, 3.8) is 0 Å². The van der Waals surface area contributed by atoms with Crippen LogP contribution in [-0.4, -0.2) is 38.4 Å². The van der Waals surface area contributed by atoms with Crippen molar-refractivity contribution in [2.24, 2.45) is 0 Å². The Morgan fingerprint density at radius 2 is 1.67 bits per heavy atom. The highest BCUT2D eigenvalue weighted by Gasteiger charge is 2.30. The van der Waals surface area contributed by atoms with Gasteiger partial charge in [-0.2, -0.15) is 13.2 Å². The van der Waals surface area contributed by atoms with Crippen molar-refractivity contribution in [1.29, 1.82) is 0 Å². The number of anilines is 2. The predicted octanol–water partition coefficient (Wildman–Crippen LogP) is 3.31. The molecule has 2 amide bonds. The van der Waals surface area contributed by atoms with E-state index in [9.17, 15) is 31.2 Å². The topological polar surface area (TPSA) is 95.6 Å².